The monoisotopic (exact) mass is 434 g/mol. The lowest BCUT2D eigenvalue weighted by Gasteiger charge is -2.47. The third-order valence-corrected chi connectivity index (χ3v) is 6.78. The Morgan fingerprint density at radius 1 is 0.929 bits per heavy atom. The van der Waals surface area contributed by atoms with Crippen molar-refractivity contribution < 1.29 is 0 Å². The molecular weight excluding hydrogens is 411 g/mol. The molecule has 2 aliphatic rings. The first-order valence-corrected chi connectivity index (χ1v) is 11.0. The van der Waals surface area contributed by atoms with Gasteiger partial charge in [0.1, 0.15) is 0 Å². The lowest BCUT2D eigenvalue weighted by molar-refractivity contribution is 0.141. The van der Waals surface area contributed by atoms with Crippen molar-refractivity contribution in [2.24, 2.45) is 0 Å². The fourth-order valence-electron chi connectivity index (χ4n) is 4.55. The summed E-state index contributed by atoms with van der Waals surface area (Å²) in [6, 6.07) is 14.8. The van der Waals surface area contributed by atoms with E-state index >= 15 is 0 Å². The van der Waals surface area contributed by atoms with Crippen molar-refractivity contribution in [3.05, 3.63) is 75.2 Å². The van der Waals surface area contributed by atoms with Crippen LogP contribution >= 0.6 is 34.8 Å². The lowest BCUT2D eigenvalue weighted by Crippen LogP contribution is -2.52. The van der Waals surface area contributed by atoms with Crippen molar-refractivity contribution in [1.29, 1.82) is 0 Å². The first kappa shape index (κ1) is 20.1. The molecule has 1 saturated carbocycles. The fraction of sp³-hybridized carbons (Fsp3) is 0.391. The summed E-state index contributed by atoms with van der Waals surface area (Å²) in [5, 5.41) is 2.12. The van der Waals surface area contributed by atoms with Crippen molar-refractivity contribution in [2.75, 3.05) is 24.5 Å². The maximum atomic E-state index is 6.57. The van der Waals surface area contributed by atoms with Crippen LogP contribution in [0.2, 0.25) is 15.1 Å². The molecule has 0 spiro atoms. The van der Waals surface area contributed by atoms with Gasteiger partial charge in [-0.2, -0.15) is 0 Å². The summed E-state index contributed by atoms with van der Waals surface area (Å²) in [5.74, 6) is 0. The van der Waals surface area contributed by atoms with Crippen molar-refractivity contribution in [1.82, 2.24) is 4.90 Å². The van der Waals surface area contributed by atoms with Gasteiger partial charge in [0.25, 0.3) is 0 Å². The van der Waals surface area contributed by atoms with Crippen molar-refractivity contribution in [3.8, 4) is 0 Å². The van der Waals surface area contributed by atoms with E-state index in [1.165, 1.54) is 30.4 Å². The molecule has 4 rings (SSSR count). The van der Waals surface area contributed by atoms with E-state index in [1.54, 1.807) is 0 Å². The second-order valence-corrected chi connectivity index (χ2v) is 9.13. The molecule has 1 aliphatic carbocycles. The first-order chi connectivity index (χ1) is 13.5. The number of halogens is 3. The minimum atomic E-state index is 0.222. The van der Waals surface area contributed by atoms with Gasteiger partial charge in [-0.1, -0.05) is 59.1 Å². The molecule has 0 amide bonds. The number of hydrogen-bond donors (Lipinski definition) is 0. The van der Waals surface area contributed by atoms with Crippen molar-refractivity contribution in [2.45, 2.75) is 37.8 Å². The predicted molar refractivity (Wildman–Crippen MR) is 121 cm³/mol. The summed E-state index contributed by atoms with van der Waals surface area (Å²) < 4.78 is 0. The normalized spacial score (nSPS) is 23.8. The zero-order valence-corrected chi connectivity index (χ0v) is 18.1. The van der Waals surface area contributed by atoms with Gasteiger partial charge in [-0.3, -0.25) is 4.90 Å². The molecule has 28 heavy (non-hydrogen) atoms. The van der Waals surface area contributed by atoms with Gasteiger partial charge in [0, 0.05) is 35.7 Å². The SMILES string of the molecule is C=C1CCCC(N2CCN(c3ccc(Cl)cc3Cl)C(c3ccc(Cl)cc3)C2)C1. The van der Waals surface area contributed by atoms with Crippen LogP contribution < -0.4 is 4.90 Å². The third-order valence-electron chi connectivity index (χ3n) is 5.99. The highest BCUT2D eigenvalue weighted by Crippen LogP contribution is 2.38. The van der Waals surface area contributed by atoms with Gasteiger partial charge in [-0.25, -0.2) is 0 Å². The molecule has 0 radical (unpaired) electrons. The average molecular weight is 436 g/mol. The molecule has 148 valence electrons. The van der Waals surface area contributed by atoms with Crippen molar-refractivity contribution in [3.63, 3.8) is 0 Å². The highest BCUT2D eigenvalue weighted by molar-refractivity contribution is 6.36. The third kappa shape index (κ3) is 4.36. The molecule has 1 aliphatic heterocycles. The van der Waals surface area contributed by atoms with Crippen LogP contribution in [0.4, 0.5) is 5.69 Å². The van der Waals surface area contributed by atoms with Gasteiger partial charge in [-0.05, 0) is 61.6 Å². The van der Waals surface area contributed by atoms with Crippen LogP contribution in [-0.2, 0) is 0 Å². The Morgan fingerprint density at radius 3 is 2.39 bits per heavy atom. The minimum absolute atomic E-state index is 0.222. The maximum Gasteiger partial charge on any atom is 0.0670 e. The Kier molecular flexibility index (Phi) is 6.22. The van der Waals surface area contributed by atoms with Crippen LogP contribution in [0.3, 0.4) is 0 Å². The molecule has 2 fully saturated rings. The maximum absolute atomic E-state index is 6.57. The Labute approximate surface area is 182 Å². The van der Waals surface area contributed by atoms with Gasteiger partial charge in [0.05, 0.1) is 16.8 Å². The predicted octanol–water partition coefficient (Wildman–Crippen LogP) is 7.01. The minimum Gasteiger partial charge on any atom is -0.361 e. The Hall–Kier alpha value is -1.19. The van der Waals surface area contributed by atoms with Crippen LogP contribution in [-0.4, -0.2) is 30.6 Å². The molecule has 0 bridgehead atoms. The molecule has 2 aromatic carbocycles. The molecule has 1 heterocycles. The van der Waals surface area contributed by atoms with Crippen molar-refractivity contribution >= 4 is 40.5 Å². The summed E-state index contributed by atoms with van der Waals surface area (Å²) in [7, 11) is 0. The molecule has 0 aromatic heterocycles. The number of anilines is 1. The molecule has 1 saturated heterocycles. The van der Waals surface area contributed by atoms with Crippen LogP contribution in [0.1, 0.15) is 37.3 Å². The second kappa shape index (κ2) is 8.67. The number of piperazine rings is 1. The molecular formula is C23H25Cl3N2. The number of hydrogen-bond acceptors (Lipinski definition) is 2. The number of benzene rings is 2. The largest absolute Gasteiger partial charge is 0.361 e. The Morgan fingerprint density at radius 2 is 1.68 bits per heavy atom. The Balaban J connectivity index is 1.64. The molecule has 2 unspecified atom stereocenters. The van der Waals surface area contributed by atoms with Crippen LogP contribution in [0.25, 0.3) is 0 Å². The average Bonchev–Trinajstić information content (AvgIpc) is 2.68. The summed E-state index contributed by atoms with van der Waals surface area (Å²) in [4.78, 5) is 5.06. The van der Waals surface area contributed by atoms with E-state index in [-0.39, 0.29) is 6.04 Å². The number of nitrogens with zero attached hydrogens (tertiary/aromatic N) is 2. The topological polar surface area (TPSA) is 6.48 Å². The summed E-state index contributed by atoms with van der Waals surface area (Å²) in [6.07, 6.45) is 4.80. The highest BCUT2D eigenvalue weighted by Gasteiger charge is 2.33. The molecule has 0 N–H and O–H groups in total. The Bertz CT molecular complexity index is 849. The zero-order chi connectivity index (χ0) is 19.7. The quantitative estimate of drug-likeness (QED) is 0.478. The fourth-order valence-corrected chi connectivity index (χ4v) is 5.19. The zero-order valence-electron chi connectivity index (χ0n) is 15.9. The standard InChI is InChI=1S/C23H25Cl3N2/c1-16-3-2-4-20(13-16)27-11-12-28(22-10-9-19(25)14-21(22)26)23(15-27)17-5-7-18(24)8-6-17/h5-10,14,20,23H,1-4,11-13,15H2. The van der Waals surface area contributed by atoms with Gasteiger partial charge in [0.2, 0.25) is 0 Å². The van der Waals surface area contributed by atoms with E-state index in [1.807, 2.05) is 30.3 Å². The molecule has 2 nitrogen and oxygen atoms in total. The molecule has 2 atom stereocenters. The van der Waals surface area contributed by atoms with E-state index in [9.17, 15) is 0 Å². The van der Waals surface area contributed by atoms with E-state index in [0.717, 1.165) is 36.8 Å². The second-order valence-electron chi connectivity index (χ2n) is 7.85. The van der Waals surface area contributed by atoms with Gasteiger partial charge < -0.3 is 4.90 Å². The summed E-state index contributed by atoms with van der Waals surface area (Å²) >= 11 is 18.8. The number of rotatable bonds is 3. The van der Waals surface area contributed by atoms with E-state index in [4.69, 9.17) is 34.8 Å². The van der Waals surface area contributed by atoms with Gasteiger partial charge in [0.15, 0.2) is 0 Å². The van der Waals surface area contributed by atoms with Gasteiger partial charge >= 0.3 is 0 Å². The van der Waals surface area contributed by atoms with E-state index in [0.29, 0.717) is 16.1 Å². The van der Waals surface area contributed by atoms with Crippen LogP contribution in [0, 0.1) is 0 Å². The van der Waals surface area contributed by atoms with Crippen LogP contribution in [0.5, 0.6) is 0 Å². The van der Waals surface area contributed by atoms with E-state index in [2.05, 4.69) is 28.5 Å². The summed E-state index contributed by atoms with van der Waals surface area (Å²) in [5.41, 5.74) is 3.69. The van der Waals surface area contributed by atoms with E-state index < -0.39 is 0 Å². The molecule has 5 heteroatoms. The molecule has 2 aromatic rings. The first-order valence-electron chi connectivity index (χ1n) is 9.89. The van der Waals surface area contributed by atoms with Crippen LogP contribution in [0.15, 0.2) is 54.6 Å². The lowest BCUT2D eigenvalue weighted by atomic mass is 9.89. The smallest absolute Gasteiger partial charge is 0.0670 e. The summed E-state index contributed by atoms with van der Waals surface area (Å²) in [6.45, 7) is 7.17. The highest BCUT2D eigenvalue weighted by atomic mass is 35.5. The van der Waals surface area contributed by atoms with Gasteiger partial charge in [-0.15, -0.1) is 0 Å².